The Labute approximate surface area is 155 Å². The predicted molar refractivity (Wildman–Crippen MR) is 96.4 cm³/mol. The maximum Gasteiger partial charge on any atom is 0.247 e. The molecule has 0 unspecified atom stereocenters. The van der Waals surface area contributed by atoms with Gasteiger partial charge in [0.15, 0.2) is 0 Å². The van der Waals surface area contributed by atoms with Crippen molar-refractivity contribution in [3.8, 4) is 11.5 Å². The molecule has 0 radical (unpaired) electrons. The summed E-state index contributed by atoms with van der Waals surface area (Å²) < 4.78 is 5.58. The van der Waals surface area contributed by atoms with Gasteiger partial charge >= 0.3 is 0 Å². The second-order valence-electron chi connectivity index (χ2n) is 5.41. The first kappa shape index (κ1) is 17.5. The highest BCUT2D eigenvalue weighted by atomic mass is 35.5. The fraction of sp³-hybridized carbons (Fsp3) is 0.167. The van der Waals surface area contributed by atoms with Crippen molar-refractivity contribution in [2.24, 2.45) is 0 Å². The SMILES string of the molecule is O=C(CCc1nnc(-c2ccc(Cl)cc2)o1)NCc1ccc(Cl)cc1. The van der Waals surface area contributed by atoms with E-state index in [1.807, 2.05) is 12.1 Å². The van der Waals surface area contributed by atoms with Gasteiger partial charge in [-0.05, 0) is 42.0 Å². The van der Waals surface area contributed by atoms with Crippen LogP contribution in [0.2, 0.25) is 10.0 Å². The highest BCUT2D eigenvalue weighted by Crippen LogP contribution is 2.20. The Morgan fingerprint density at radius 3 is 2.28 bits per heavy atom. The largest absolute Gasteiger partial charge is 0.421 e. The average Bonchev–Trinajstić information content (AvgIpc) is 3.09. The van der Waals surface area contributed by atoms with Crippen LogP contribution in [-0.2, 0) is 17.8 Å². The highest BCUT2D eigenvalue weighted by molar-refractivity contribution is 6.30. The summed E-state index contributed by atoms with van der Waals surface area (Å²) in [5.41, 5.74) is 1.77. The van der Waals surface area contributed by atoms with Crippen LogP contribution >= 0.6 is 23.2 Å². The van der Waals surface area contributed by atoms with Crippen LogP contribution in [-0.4, -0.2) is 16.1 Å². The molecule has 3 rings (SSSR count). The molecule has 128 valence electrons. The summed E-state index contributed by atoms with van der Waals surface area (Å²) in [6.07, 6.45) is 0.656. The van der Waals surface area contributed by atoms with E-state index >= 15 is 0 Å². The zero-order valence-corrected chi connectivity index (χ0v) is 14.7. The molecule has 5 nitrogen and oxygen atoms in total. The number of halogens is 2. The van der Waals surface area contributed by atoms with Gasteiger partial charge in [-0.1, -0.05) is 35.3 Å². The smallest absolute Gasteiger partial charge is 0.247 e. The zero-order chi connectivity index (χ0) is 17.6. The van der Waals surface area contributed by atoms with Crippen LogP contribution < -0.4 is 5.32 Å². The summed E-state index contributed by atoms with van der Waals surface area (Å²) in [7, 11) is 0. The van der Waals surface area contributed by atoms with Crippen molar-refractivity contribution in [2.75, 3.05) is 0 Å². The summed E-state index contributed by atoms with van der Waals surface area (Å²) in [5.74, 6) is 0.751. The molecule has 0 spiro atoms. The van der Waals surface area contributed by atoms with Crippen LogP contribution in [0.25, 0.3) is 11.5 Å². The molecule has 0 bridgehead atoms. The lowest BCUT2D eigenvalue weighted by atomic mass is 10.2. The molecule has 0 fully saturated rings. The molecule has 0 aliphatic heterocycles. The topological polar surface area (TPSA) is 68.0 Å². The lowest BCUT2D eigenvalue weighted by Gasteiger charge is -2.04. The number of nitrogens with one attached hydrogen (secondary N) is 1. The van der Waals surface area contributed by atoms with E-state index in [0.29, 0.717) is 34.8 Å². The fourth-order valence-electron chi connectivity index (χ4n) is 2.18. The molecule has 2 aromatic carbocycles. The first-order valence-corrected chi connectivity index (χ1v) is 8.45. The van der Waals surface area contributed by atoms with E-state index in [-0.39, 0.29) is 12.3 Å². The van der Waals surface area contributed by atoms with E-state index in [0.717, 1.165) is 11.1 Å². The van der Waals surface area contributed by atoms with E-state index in [1.54, 1.807) is 36.4 Å². The number of amides is 1. The van der Waals surface area contributed by atoms with E-state index in [4.69, 9.17) is 27.6 Å². The first-order valence-electron chi connectivity index (χ1n) is 7.69. The lowest BCUT2D eigenvalue weighted by Crippen LogP contribution is -2.23. The third kappa shape index (κ3) is 5.05. The Morgan fingerprint density at radius 2 is 1.60 bits per heavy atom. The molecule has 0 saturated carbocycles. The Bertz CT molecular complexity index is 846. The Morgan fingerprint density at radius 1 is 0.960 bits per heavy atom. The molecule has 7 heteroatoms. The van der Waals surface area contributed by atoms with Crippen LogP contribution in [0.15, 0.2) is 52.9 Å². The maximum absolute atomic E-state index is 11.9. The first-order chi connectivity index (χ1) is 12.1. The molecular formula is C18H15Cl2N3O2. The van der Waals surface area contributed by atoms with E-state index in [2.05, 4.69) is 15.5 Å². The van der Waals surface area contributed by atoms with E-state index in [1.165, 1.54) is 0 Å². The van der Waals surface area contributed by atoms with Gasteiger partial charge in [0.05, 0.1) is 0 Å². The Balaban J connectivity index is 1.49. The summed E-state index contributed by atoms with van der Waals surface area (Å²) >= 11 is 11.7. The van der Waals surface area contributed by atoms with Crippen LogP contribution in [0, 0.1) is 0 Å². The summed E-state index contributed by atoms with van der Waals surface area (Å²) in [6.45, 7) is 0.454. The molecule has 0 aliphatic carbocycles. The van der Waals surface area contributed by atoms with Gasteiger partial charge in [-0.3, -0.25) is 4.79 Å². The van der Waals surface area contributed by atoms with Crippen LogP contribution in [0.5, 0.6) is 0 Å². The summed E-state index contributed by atoms with van der Waals surface area (Å²) in [5, 5.41) is 12.1. The van der Waals surface area contributed by atoms with Crippen molar-refractivity contribution in [1.82, 2.24) is 15.5 Å². The van der Waals surface area contributed by atoms with Crippen LogP contribution in [0.3, 0.4) is 0 Å². The van der Waals surface area contributed by atoms with Gasteiger partial charge in [-0.2, -0.15) is 0 Å². The third-order valence-corrected chi connectivity index (χ3v) is 4.03. The summed E-state index contributed by atoms with van der Waals surface area (Å²) in [4.78, 5) is 11.9. The number of hydrogen-bond donors (Lipinski definition) is 1. The molecule has 0 saturated heterocycles. The number of carbonyl (C=O) groups excluding carboxylic acids is 1. The predicted octanol–water partition coefficient (Wildman–Crippen LogP) is 4.29. The molecule has 1 aromatic heterocycles. The van der Waals surface area contributed by atoms with Gasteiger partial charge in [-0.25, -0.2) is 0 Å². The van der Waals surface area contributed by atoms with Crippen molar-refractivity contribution in [1.29, 1.82) is 0 Å². The normalized spacial score (nSPS) is 10.6. The lowest BCUT2D eigenvalue weighted by molar-refractivity contribution is -0.121. The molecule has 1 amide bonds. The summed E-state index contributed by atoms with van der Waals surface area (Å²) in [6, 6.07) is 14.4. The van der Waals surface area contributed by atoms with Crippen molar-refractivity contribution in [2.45, 2.75) is 19.4 Å². The van der Waals surface area contributed by atoms with Gasteiger partial charge < -0.3 is 9.73 Å². The molecule has 25 heavy (non-hydrogen) atoms. The Kier molecular flexibility index (Phi) is 5.68. The molecular weight excluding hydrogens is 361 g/mol. The van der Waals surface area contributed by atoms with Crippen molar-refractivity contribution in [3.05, 3.63) is 70.0 Å². The monoisotopic (exact) mass is 375 g/mol. The minimum absolute atomic E-state index is 0.0822. The number of benzene rings is 2. The third-order valence-electron chi connectivity index (χ3n) is 3.53. The average molecular weight is 376 g/mol. The van der Waals surface area contributed by atoms with E-state index < -0.39 is 0 Å². The molecule has 0 aliphatic rings. The van der Waals surface area contributed by atoms with Crippen LogP contribution in [0.4, 0.5) is 0 Å². The Hall–Kier alpha value is -2.37. The van der Waals surface area contributed by atoms with Crippen molar-refractivity contribution in [3.63, 3.8) is 0 Å². The molecule has 1 N–H and O–H groups in total. The fourth-order valence-corrected chi connectivity index (χ4v) is 2.43. The highest BCUT2D eigenvalue weighted by Gasteiger charge is 2.10. The number of nitrogens with zero attached hydrogens (tertiary/aromatic N) is 2. The van der Waals surface area contributed by atoms with Crippen molar-refractivity contribution >= 4 is 29.1 Å². The molecule has 1 heterocycles. The second kappa shape index (κ2) is 8.14. The van der Waals surface area contributed by atoms with Gasteiger partial charge in [0.1, 0.15) is 0 Å². The zero-order valence-electron chi connectivity index (χ0n) is 13.2. The second-order valence-corrected chi connectivity index (χ2v) is 6.28. The van der Waals surface area contributed by atoms with Crippen molar-refractivity contribution < 1.29 is 9.21 Å². The van der Waals surface area contributed by atoms with Gasteiger partial charge in [0.2, 0.25) is 17.7 Å². The number of carbonyl (C=O) groups is 1. The number of aromatic nitrogens is 2. The maximum atomic E-state index is 11.9. The van der Waals surface area contributed by atoms with Gasteiger partial charge in [0, 0.05) is 35.0 Å². The minimum Gasteiger partial charge on any atom is -0.421 e. The van der Waals surface area contributed by atoms with Crippen LogP contribution in [0.1, 0.15) is 17.9 Å². The van der Waals surface area contributed by atoms with E-state index in [9.17, 15) is 4.79 Å². The standard InChI is InChI=1S/C18H15Cl2N3O2/c19-14-5-1-12(2-6-14)11-21-16(24)9-10-17-22-23-18(25-17)13-3-7-15(20)8-4-13/h1-8H,9-11H2,(H,21,24). The number of hydrogen-bond acceptors (Lipinski definition) is 4. The number of aryl methyl sites for hydroxylation is 1. The molecule has 0 atom stereocenters. The van der Waals surface area contributed by atoms with Gasteiger partial charge in [-0.15, -0.1) is 10.2 Å². The number of rotatable bonds is 6. The quantitative estimate of drug-likeness (QED) is 0.697. The molecule has 3 aromatic rings. The minimum atomic E-state index is -0.0822. The van der Waals surface area contributed by atoms with Gasteiger partial charge in [0.25, 0.3) is 0 Å².